The Bertz CT molecular complexity index is 1030. The van der Waals surface area contributed by atoms with Crippen LogP contribution in [0.3, 0.4) is 0 Å². The van der Waals surface area contributed by atoms with Crippen molar-refractivity contribution in [2.45, 2.75) is 82.0 Å². The summed E-state index contributed by atoms with van der Waals surface area (Å²) in [4.78, 5) is 0. The third-order valence-corrected chi connectivity index (χ3v) is 10.0. The van der Waals surface area contributed by atoms with Crippen LogP contribution in [0.4, 0.5) is 4.39 Å². The number of unbranched alkanes of at least 4 members (excludes halogenated alkanes) is 1. The van der Waals surface area contributed by atoms with E-state index < -0.39 is 15.3 Å². The molecular formula is C27H36FNO3S. The van der Waals surface area contributed by atoms with Crippen LogP contribution in [-0.4, -0.2) is 32.0 Å². The van der Waals surface area contributed by atoms with Gasteiger partial charge in [-0.3, -0.25) is 0 Å². The van der Waals surface area contributed by atoms with E-state index in [-0.39, 0.29) is 23.8 Å². The molecule has 2 unspecified atom stereocenters. The fraction of sp³-hybridized carbons (Fsp3) is 0.556. The lowest BCUT2D eigenvalue weighted by molar-refractivity contribution is 0.0458. The zero-order valence-corrected chi connectivity index (χ0v) is 20.6. The molecule has 2 aliphatic heterocycles. The standard InChI is InChI=1S/C27H36FNO3S/c1-3-4-14-27(15-17-32-18-16-27)24-12-11-23(25(28)19-24)20-29-21(2)10-13-26(33(29,30)31)22-8-6-5-7-9-22/h5-9,11-12,19,21,26H,3-4,10,13-18,20H2,1-2H3. The van der Waals surface area contributed by atoms with E-state index in [1.54, 1.807) is 6.07 Å². The minimum absolute atomic E-state index is 0.0451. The van der Waals surface area contributed by atoms with Crippen molar-refractivity contribution >= 4 is 10.0 Å². The number of halogens is 1. The maximum Gasteiger partial charge on any atom is 0.221 e. The van der Waals surface area contributed by atoms with Crippen LogP contribution in [0.1, 0.15) is 80.7 Å². The maximum atomic E-state index is 15.4. The molecule has 2 heterocycles. The van der Waals surface area contributed by atoms with Crippen LogP contribution < -0.4 is 0 Å². The second-order valence-electron chi connectivity index (χ2n) is 9.72. The first-order valence-corrected chi connectivity index (χ1v) is 13.8. The molecule has 0 aromatic heterocycles. The zero-order chi connectivity index (χ0) is 23.5. The van der Waals surface area contributed by atoms with Gasteiger partial charge in [-0.2, -0.15) is 4.31 Å². The van der Waals surface area contributed by atoms with E-state index >= 15 is 4.39 Å². The van der Waals surface area contributed by atoms with Gasteiger partial charge in [-0.1, -0.05) is 62.2 Å². The van der Waals surface area contributed by atoms with Crippen LogP contribution in [0.15, 0.2) is 48.5 Å². The summed E-state index contributed by atoms with van der Waals surface area (Å²) in [6.07, 6.45) is 6.41. The summed E-state index contributed by atoms with van der Waals surface area (Å²) in [5.41, 5.74) is 2.23. The molecule has 0 aliphatic carbocycles. The van der Waals surface area contributed by atoms with Gasteiger partial charge < -0.3 is 4.74 Å². The number of nitrogens with zero attached hydrogens (tertiary/aromatic N) is 1. The highest BCUT2D eigenvalue weighted by atomic mass is 32.2. The average molecular weight is 474 g/mol. The predicted octanol–water partition coefficient (Wildman–Crippen LogP) is 6.12. The summed E-state index contributed by atoms with van der Waals surface area (Å²) >= 11 is 0. The average Bonchev–Trinajstić information content (AvgIpc) is 2.82. The van der Waals surface area contributed by atoms with Gasteiger partial charge in [0.05, 0.1) is 0 Å². The Morgan fingerprint density at radius 2 is 1.82 bits per heavy atom. The molecule has 0 bridgehead atoms. The van der Waals surface area contributed by atoms with Crippen LogP contribution >= 0.6 is 0 Å². The first kappa shape index (κ1) is 24.4. The van der Waals surface area contributed by atoms with Crippen molar-refractivity contribution in [3.63, 3.8) is 0 Å². The summed E-state index contributed by atoms with van der Waals surface area (Å²) < 4.78 is 49.5. The zero-order valence-electron chi connectivity index (χ0n) is 19.8. The first-order valence-electron chi connectivity index (χ1n) is 12.3. The Kier molecular flexibility index (Phi) is 7.56. The lowest BCUT2D eigenvalue weighted by atomic mass is 9.70. The van der Waals surface area contributed by atoms with Crippen molar-refractivity contribution in [2.75, 3.05) is 13.2 Å². The molecule has 2 atom stereocenters. The van der Waals surface area contributed by atoms with Gasteiger partial charge >= 0.3 is 0 Å². The fourth-order valence-electron chi connectivity index (χ4n) is 5.49. The van der Waals surface area contributed by atoms with Crippen LogP contribution in [0, 0.1) is 5.82 Å². The van der Waals surface area contributed by atoms with Gasteiger partial charge in [0.25, 0.3) is 0 Å². The minimum atomic E-state index is -3.59. The van der Waals surface area contributed by atoms with E-state index in [0.717, 1.165) is 49.7 Å². The smallest absolute Gasteiger partial charge is 0.221 e. The molecule has 2 fully saturated rings. The normalized spacial score (nSPS) is 25.1. The van der Waals surface area contributed by atoms with Crippen LogP contribution in [0.2, 0.25) is 0 Å². The van der Waals surface area contributed by atoms with E-state index in [9.17, 15) is 8.42 Å². The number of rotatable bonds is 7. The Morgan fingerprint density at radius 3 is 2.48 bits per heavy atom. The number of benzene rings is 2. The summed E-state index contributed by atoms with van der Waals surface area (Å²) in [7, 11) is -3.59. The quantitative estimate of drug-likeness (QED) is 0.487. The fourth-order valence-corrected chi connectivity index (χ4v) is 7.67. The van der Waals surface area contributed by atoms with Crippen LogP contribution in [0.5, 0.6) is 0 Å². The Morgan fingerprint density at radius 1 is 1.09 bits per heavy atom. The first-order chi connectivity index (χ1) is 15.9. The van der Waals surface area contributed by atoms with Crippen molar-refractivity contribution in [1.82, 2.24) is 4.31 Å². The van der Waals surface area contributed by atoms with Crippen molar-refractivity contribution in [1.29, 1.82) is 0 Å². The lowest BCUT2D eigenvalue weighted by Crippen LogP contribution is -2.44. The summed E-state index contributed by atoms with van der Waals surface area (Å²) in [5, 5.41) is -0.572. The molecule has 2 saturated heterocycles. The highest BCUT2D eigenvalue weighted by Crippen LogP contribution is 2.41. The van der Waals surface area contributed by atoms with Crippen molar-refractivity contribution in [3.8, 4) is 0 Å². The second kappa shape index (κ2) is 10.2. The van der Waals surface area contributed by atoms with Crippen molar-refractivity contribution in [2.24, 2.45) is 0 Å². The topological polar surface area (TPSA) is 46.6 Å². The molecular weight excluding hydrogens is 437 g/mol. The summed E-state index contributed by atoms with van der Waals surface area (Å²) in [6.45, 7) is 5.59. The monoisotopic (exact) mass is 473 g/mol. The molecule has 4 nitrogen and oxygen atoms in total. The van der Waals surface area contributed by atoms with E-state index in [1.807, 2.05) is 49.4 Å². The number of sulfonamides is 1. The highest BCUT2D eigenvalue weighted by molar-refractivity contribution is 7.89. The molecule has 0 N–H and O–H groups in total. The van der Waals surface area contributed by atoms with Gasteiger partial charge in [-0.15, -0.1) is 0 Å². The van der Waals surface area contributed by atoms with Gasteiger partial charge in [0.1, 0.15) is 11.1 Å². The molecule has 2 aromatic carbocycles. The summed E-state index contributed by atoms with van der Waals surface area (Å²) in [6, 6.07) is 14.7. The number of ether oxygens (including phenoxy) is 1. The summed E-state index contributed by atoms with van der Waals surface area (Å²) in [5.74, 6) is -0.306. The van der Waals surface area contributed by atoms with Crippen molar-refractivity contribution in [3.05, 3.63) is 71.0 Å². The van der Waals surface area contributed by atoms with Gasteiger partial charge in [0.15, 0.2) is 0 Å². The second-order valence-corrected chi connectivity index (χ2v) is 11.8. The van der Waals surface area contributed by atoms with Gasteiger partial charge in [-0.25, -0.2) is 12.8 Å². The number of hydrogen-bond acceptors (Lipinski definition) is 3. The minimum Gasteiger partial charge on any atom is -0.381 e. The van der Waals surface area contributed by atoms with E-state index in [4.69, 9.17) is 4.74 Å². The molecule has 2 aliphatic rings. The van der Waals surface area contributed by atoms with Gasteiger partial charge in [-0.05, 0) is 61.6 Å². The van der Waals surface area contributed by atoms with Crippen molar-refractivity contribution < 1.29 is 17.5 Å². The number of hydrogen-bond donors (Lipinski definition) is 0. The molecule has 0 saturated carbocycles. The van der Waals surface area contributed by atoms with Crippen LogP contribution in [0.25, 0.3) is 0 Å². The molecule has 180 valence electrons. The molecule has 0 radical (unpaired) electrons. The molecule has 2 aromatic rings. The van der Waals surface area contributed by atoms with Crippen LogP contribution in [-0.2, 0) is 26.7 Å². The van der Waals surface area contributed by atoms with E-state index in [2.05, 4.69) is 6.92 Å². The largest absolute Gasteiger partial charge is 0.381 e. The Labute approximate surface area is 198 Å². The van der Waals surface area contributed by atoms with E-state index in [0.29, 0.717) is 25.2 Å². The molecule has 0 spiro atoms. The Balaban J connectivity index is 1.59. The maximum absolute atomic E-state index is 15.4. The molecule has 6 heteroatoms. The third-order valence-electron chi connectivity index (χ3n) is 7.65. The Hall–Kier alpha value is -1.76. The highest BCUT2D eigenvalue weighted by Gasteiger charge is 2.41. The van der Waals surface area contributed by atoms with Gasteiger partial charge in [0.2, 0.25) is 10.0 Å². The van der Waals surface area contributed by atoms with Gasteiger partial charge in [0, 0.05) is 31.4 Å². The lowest BCUT2D eigenvalue weighted by Gasteiger charge is -2.39. The predicted molar refractivity (Wildman–Crippen MR) is 130 cm³/mol. The molecule has 4 rings (SSSR count). The SMILES string of the molecule is CCCCC1(c2ccc(CN3C(C)CCC(c4ccccc4)S3(=O)=O)c(F)c2)CCOCC1. The molecule has 0 amide bonds. The molecule has 33 heavy (non-hydrogen) atoms. The third kappa shape index (κ3) is 5.03. The van der Waals surface area contributed by atoms with E-state index in [1.165, 1.54) is 4.31 Å².